The average molecular weight is 341 g/mol. The highest BCUT2D eigenvalue weighted by atomic mass is 35.5. The Morgan fingerprint density at radius 2 is 1.82 bits per heavy atom. The lowest BCUT2D eigenvalue weighted by Crippen LogP contribution is -2.30. The van der Waals surface area contributed by atoms with E-state index in [2.05, 4.69) is 0 Å². The van der Waals surface area contributed by atoms with Gasteiger partial charge in [-0.3, -0.25) is 14.9 Å². The van der Waals surface area contributed by atoms with E-state index in [1.165, 1.54) is 24.3 Å². The zero-order valence-corrected chi connectivity index (χ0v) is 12.5. The number of benzene rings is 2. The van der Waals surface area contributed by atoms with Crippen LogP contribution >= 0.6 is 11.6 Å². The normalized spacial score (nSPS) is 11.0. The van der Waals surface area contributed by atoms with Gasteiger partial charge in [0.05, 0.1) is 20.4 Å². The molecule has 2 aromatic rings. The number of nitro groups is 1. The van der Waals surface area contributed by atoms with E-state index in [9.17, 15) is 23.3 Å². The van der Waals surface area contributed by atoms with E-state index in [1.54, 1.807) is 6.07 Å². The first-order valence-corrected chi connectivity index (χ1v) is 7.73. The fraction of sp³-hybridized carbons (Fsp3) is 0. The molecule has 7 nitrogen and oxygen atoms in total. The average Bonchev–Trinajstić information content (AvgIpc) is 2.47. The van der Waals surface area contributed by atoms with Crippen molar-refractivity contribution in [2.45, 2.75) is 4.90 Å². The first kappa shape index (κ1) is 15.9. The van der Waals surface area contributed by atoms with Gasteiger partial charge in [0, 0.05) is 12.1 Å². The first-order valence-electron chi connectivity index (χ1n) is 5.87. The molecule has 0 radical (unpaired) electrons. The minimum Gasteiger partial charge on any atom is -0.268 e. The lowest BCUT2D eigenvalue weighted by Gasteiger charge is -2.07. The van der Waals surface area contributed by atoms with Crippen LogP contribution in [0.3, 0.4) is 0 Å². The highest BCUT2D eigenvalue weighted by Crippen LogP contribution is 2.19. The van der Waals surface area contributed by atoms with Crippen LogP contribution in [0.2, 0.25) is 5.02 Å². The molecular weight excluding hydrogens is 332 g/mol. The Labute approximate surface area is 130 Å². The summed E-state index contributed by atoms with van der Waals surface area (Å²) in [4.78, 5) is 21.5. The van der Waals surface area contributed by atoms with E-state index >= 15 is 0 Å². The second-order valence-corrected chi connectivity index (χ2v) is 6.26. The Kier molecular flexibility index (Phi) is 4.43. The van der Waals surface area contributed by atoms with Crippen molar-refractivity contribution in [1.82, 2.24) is 4.72 Å². The highest BCUT2D eigenvalue weighted by molar-refractivity contribution is 7.90. The summed E-state index contributed by atoms with van der Waals surface area (Å²) in [5.41, 5.74) is -0.411. The molecule has 1 N–H and O–H groups in total. The Bertz CT molecular complexity index is 851. The zero-order chi connectivity index (χ0) is 16.3. The minimum absolute atomic E-state index is 0.0156. The largest absolute Gasteiger partial charge is 0.270 e. The maximum atomic E-state index is 12.1. The van der Waals surface area contributed by atoms with Crippen molar-refractivity contribution < 1.29 is 18.1 Å². The summed E-state index contributed by atoms with van der Waals surface area (Å²) in [6.45, 7) is 0. The van der Waals surface area contributed by atoms with Crippen LogP contribution in [-0.2, 0) is 10.0 Å². The van der Waals surface area contributed by atoms with Crippen LogP contribution in [0.1, 0.15) is 10.4 Å². The van der Waals surface area contributed by atoms with E-state index in [0.717, 1.165) is 18.2 Å². The highest BCUT2D eigenvalue weighted by Gasteiger charge is 2.22. The van der Waals surface area contributed by atoms with Crippen LogP contribution in [0.4, 0.5) is 5.69 Å². The molecule has 0 bridgehead atoms. The van der Waals surface area contributed by atoms with Crippen LogP contribution < -0.4 is 4.72 Å². The molecule has 2 aromatic carbocycles. The minimum atomic E-state index is -4.24. The Morgan fingerprint density at radius 3 is 2.45 bits per heavy atom. The van der Waals surface area contributed by atoms with Gasteiger partial charge < -0.3 is 0 Å². The summed E-state index contributed by atoms with van der Waals surface area (Å²) in [6.07, 6.45) is 0. The number of halogens is 1. The third-order valence-electron chi connectivity index (χ3n) is 2.68. The molecule has 2 rings (SSSR count). The molecule has 0 fully saturated rings. The van der Waals surface area contributed by atoms with E-state index in [-0.39, 0.29) is 15.5 Å². The first-order chi connectivity index (χ1) is 10.3. The fourth-order valence-corrected chi connectivity index (χ4v) is 2.87. The van der Waals surface area contributed by atoms with Crippen molar-refractivity contribution >= 4 is 33.2 Å². The molecule has 0 saturated carbocycles. The lowest BCUT2D eigenvalue weighted by atomic mass is 10.2. The molecule has 0 spiro atoms. The summed E-state index contributed by atoms with van der Waals surface area (Å²) >= 11 is 5.82. The molecule has 22 heavy (non-hydrogen) atoms. The van der Waals surface area contributed by atoms with Gasteiger partial charge in [0.25, 0.3) is 21.6 Å². The second kappa shape index (κ2) is 6.12. The van der Waals surface area contributed by atoms with Gasteiger partial charge in [-0.1, -0.05) is 29.8 Å². The van der Waals surface area contributed by atoms with Gasteiger partial charge in [0.2, 0.25) is 0 Å². The van der Waals surface area contributed by atoms with E-state index < -0.39 is 26.5 Å². The van der Waals surface area contributed by atoms with Gasteiger partial charge in [0.15, 0.2) is 0 Å². The summed E-state index contributed by atoms with van der Waals surface area (Å²) in [6, 6.07) is 10.3. The maximum Gasteiger partial charge on any atom is 0.270 e. The number of hydrogen-bond donors (Lipinski definition) is 1. The predicted octanol–water partition coefficient (Wildman–Crippen LogP) is 2.37. The maximum absolute atomic E-state index is 12.1. The molecule has 0 aliphatic heterocycles. The summed E-state index contributed by atoms with van der Waals surface area (Å²) < 4.78 is 26.0. The Balaban J connectivity index is 2.32. The molecule has 1 amide bonds. The van der Waals surface area contributed by atoms with Crippen molar-refractivity contribution in [3.05, 3.63) is 69.2 Å². The molecule has 0 aromatic heterocycles. The topological polar surface area (TPSA) is 106 Å². The molecule has 9 heteroatoms. The number of sulfonamides is 1. The van der Waals surface area contributed by atoms with Crippen LogP contribution in [0.5, 0.6) is 0 Å². The zero-order valence-electron chi connectivity index (χ0n) is 10.9. The fourth-order valence-electron chi connectivity index (χ4n) is 1.65. The third kappa shape index (κ3) is 3.41. The van der Waals surface area contributed by atoms with E-state index in [0.29, 0.717) is 0 Å². The smallest absolute Gasteiger partial charge is 0.268 e. The molecule has 0 heterocycles. The van der Waals surface area contributed by atoms with Gasteiger partial charge in [-0.25, -0.2) is 13.1 Å². The van der Waals surface area contributed by atoms with Crippen molar-refractivity contribution in [2.75, 3.05) is 0 Å². The third-order valence-corrected chi connectivity index (χ3v) is 4.34. The molecule has 0 saturated heterocycles. The number of carbonyl (C=O) groups excluding carboxylic acids is 1. The van der Waals surface area contributed by atoms with Crippen LogP contribution in [0, 0.1) is 10.1 Å². The molecule has 0 atom stereocenters. The number of carbonyl (C=O) groups is 1. The number of nitrogens with zero attached hydrogens (tertiary/aromatic N) is 1. The molecule has 0 aliphatic rings. The van der Waals surface area contributed by atoms with Crippen molar-refractivity contribution in [3.8, 4) is 0 Å². The number of nitro benzene ring substituents is 1. The second-order valence-electron chi connectivity index (χ2n) is 4.17. The van der Waals surface area contributed by atoms with Gasteiger partial charge >= 0.3 is 0 Å². The summed E-state index contributed by atoms with van der Waals surface area (Å²) in [7, 11) is -4.24. The standard InChI is InChI=1S/C13H9ClN2O5S/c14-12-7-2-1-6-11(12)13(17)15-22(20,21)10-5-3-4-9(8-10)16(18)19/h1-8H,(H,15,17). The Hall–Kier alpha value is -2.45. The Morgan fingerprint density at radius 1 is 1.14 bits per heavy atom. The van der Waals surface area contributed by atoms with Crippen LogP contribution in [0.25, 0.3) is 0 Å². The number of nitrogens with one attached hydrogen (secondary N) is 1. The predicted molar refractivity (Wildman–Crippen MR) is 79.2 cm³/mol. The van der Waals surface area contributed by atoms with E-state index in [4.69, 9.17) is 11.6 Å². The lowest BCUT2D eigenvalue weighted by molar-refractivity contribution is -0.385. The molecular formula is C13H9ClN2O5S. The van der Waals surface area contributed by atoms with Gasteiger partial charge in [-0.15, -0.1) is 0 Å². The summed E-state index contributed by atoms with van der Waals surface area (Å²) in [5.74, 6) is -0.919. The molecule has 114 valence electrons. The monoisotopic (exact) mass is 340 g/mol. The van der Waals surface area contributed by atoms with Crippen molar-refractivity contribution in [1.29, 1.82) is 0 Å². The molecule has 0 unspecified atom stereocenters. The van der Waals surface area contributed by atoms with Crippen LogP contribution in [0.15, 0.2) is 53.4 Å². The number of hydrogen-bond acceptors (Lipinski definition) is 5. The van der Waals surface area contributed by atoms with Crippen molar-refractivity contribution in [3.63, 3.8) is 0 Å². The molecule has 0 aliphatic carbocycles. The van der Waals surface area contributed by atoms with Gasteiger partial charge in [-0.05, 0) is 18.2 Å². The number of rotatable bonds is 4. The van der Waals surface area contributed by atoms with Gasteiger partial charge in [0.1, 0.15) is 0 Å². The van der Waals surface area contributed by atoms with Crippen molar-refractivity contribution in [2.24, 2.45) is 0 Å². The van der Waals surface area contributed by atoms with E-state index in [1.807, 2.05) is 4.72 Å². The quantitative estimate of drug-likeness (QED) is 0.679. The SMILES string of the molecule is O=C(NS(=O)(=O)c1cccc([N+](=O)[O-])c1)c1ccccc1Cl. The summed E-state index contributed by atoms with van der Waals surface area (Å²) in [5, 5.41) is 10.8. The van der Waals surface area contributed by atoms with Crippen LogP contribution in [-0.4, -0.2) is 19.2 Å². The number of amides is 1. The van der Waals surface area contributed by atoms with Gasteiger partial charge in [-0.2, -0.15) is 0 Å². The number of non-ortho nitro benzene ring substituents is 1.